The maximum Gasteiger partial charge on any atom is 0.256 e. The standard InChI is InChI=1S/C24H35N3O3/c1-14-15(2)21(25-17-11-26(12-23(3,4)29)22(28)20(14)17)27-9-6-19(16-10-18(16)27)30-13-24(5)7-8-24/h16,18-19,29H,6-13H2,1-5H3. The summed E-state index contributed by atoms with van der Waals surface area (Å²) in [6.07, 6.45) is 5.24. The molecular formula is C24H35N3O3. The summed E-state index contributed by atoms with van der Waals surface area (Å²) >= 11 is 0. The Kier molecular flexibility index (Phi) is 4.50. The summed E-state index contributed by atoms with van der Waals surface area (Å²) in [7, 11) is 0. The van der Waals surface area contributed by atoms with Gasteiger partial charge in [0.15, 0.2) is 0 Å². The van der Waals surface area contributed by atoms with E-state index in [1.807, 2.05) is 6.92 Å². The zero-order valence-corrected chi connectivity index (χ0v) is 19.0. The highest BCUT2D eigenvalue weighted by atomic mass is 16.5. The minimum Gasteiger partial charge on any atom is -0.389 e. The number of carbonyl (C=O) groups excluding carboxylic acids is 1. The molecule has 4 aliphatic rings. The number of ether oxygens (including phenoxy) is 1. The van der Waals surface area contributed by atoms with Gasteiger partial charge < -0.3 is 19.6 Å². The number of pyridine rings is 1. The molecule has 0 radical (unpaired) electrons. The number of nitrogens with zero attached hydrogens (tertiary/aromatic N) is 3. The van der Waals surface area contributed by atoms with Gasteiger partial charge in [0.25, 0.3) is 5.91 Å². The molecule has 30 heavy (non-hydrogen) atoms. The second-order valence-corrected chi connectivity index (χ2v) is 11.1. The third-order valence-corrected chi connectivity index (χ3v) is 7.58. The average Bonchev–Trinajstić information content (AvgIpc) is 3.57. The first-order valence-corrected chi connectivity index (χ1v) is 11.5. The quantitative estimate of drug-likeness (QED) is 0.776. The van der Waals surface area contributed by atoms with Crippen LogP contribution in [0.25, 0.3) is 0 Å². The molecule has 1 N–H and O–H groups in total. The Hall–Kier alpha value is -1.66. The highest BCUT2D eigenvalue weighted by Crippen LogP contribution is 2.50. The largest absolute Gasteiger partial charge is 0.389 e. The molecule has 0 spiro atoms. The molecule has 2 saturated carbocycles. The molecule has 164 valence electrons. The topological polar surface area (TPSA) is 65.9 Å². The lowest BCUT2D eigenvalue weighted by Crippen LogP contribution is -2.40. The van der Waals surface area contributed by atoms with Gasteiger partial charge >= 0.3 is 0 Å². The third-order valence-electron chi connectivity index (χ3n) is 7.58. The van der Waals surface area contributed by atoms with Gasteiger partial charge in [0, 0.05) is 25.0 Å². The van der Waals surface area contributed by atoms with Crippen molar-refractivity contribution in [3.05, 3.63) is 22.4 Å². The fraction of sp³-hybridized carbons (Fsp3) is 0.750. The summed E-state index contributed by atoms with van der Waals surface area (Å²) in [5.41, 5.74) is 3.28. The van der Waals surface area contributed by atoms with Gasteiger partial charge in [-0.05, 0) is 69.9 Å². The van der Waals surface area contributed by atoms with E-state index < -0.39 is 5.60 Å². The first-order valence-electron chi connectivity index (χ1n) is 11.5. The smallest absolute Gasteiger partial charge is 0.256 e. The number of hydrogen-bond donors (Lipinski definition) is 1. The predicted octanol–water partition coefficient (Wildman–Crippen LogP) is 3.21. The van der Waals surface area contributed by atoms with Gasteiger partial charge in [-0.1, -0.05) is 6.92 Å². The lowest BCUT2D eigenvalue weighted by molar-refractivity contribution is 0.00311. The van der Waals surface area contributed by atoms with Crippen LogP contribution in [-0.2, 0) is 11.3 Å². The number of aromatic nitrogens is 1. The van der Waals surface area contributed by atoms with Crippen LogP contribution in [0.3, 0.4) is 0 Å². The molecule has 3 heterocycles. The molecule has 1 aromatic rings. The Labute approximate surface area is 179 Å². The van der Waals surface area contributed by atoms with E-state index in [9.17, 15) is 9.90 Å². The summed E-state index contributed by atoms with van der Waals surface area (Å²) in [4.78, 5) is 22.2. The summed E-state index contributed by atoms with van der Waals surface area (Å²) in [5.74, 6) is 1.66. The highest BCUT2D eigenvalue weighted by molar-refractivity contribution is 6.00. The van der Waals surface area contributed by atoms with Gasteiger partial charge in [-0.25, -0.2) is 4.98 Å². The second-order valence-electron chi connectivity index (χ2n) is 11.1. The lowest BCUT2D eigenvalue weighted by Gasteiger charge is -2.34. The molecule has 2 aliphatic heterocycles. The predicted molar refractivity (Wildman–Crippen MR) is 116 cm³/mol. The van der Waals surface area contributed by atoms with E-state index in [0.717, 1.165) is 47.8 Å². The number of rotatable bonds is 6. The summed E-state index contributed by atoms with van der Waals surface area (Å²) in [6, 6.07) is 0.518. The van der Waals surface area contributed by atoms with Gasteiger partial charge in [0.1, 0.15) is 5.82 Å². The molecule has 1 saturated heterocycles. The van der Waals surface area contributed by atoms with Crippen LogP contribution in [0.4, 0.5) is 5.82 Å². The van der Waals surface area contributed by atoms with Crippen molar-refractivity contribution in [2.45, 2.75) is 84.6 Å². The molecule has 3 fully saturated rings. The van der Waals surface area contributed by atoms with Crippen molar-refractivity contribution >= 4 is 11.7 Å². The summed E-state index contributed by atoms with van der Waals surface area (Å²) < 4.78 is 6.33. The number of anilines is 1. The zero-order chi connectivity index (χ0) is 21.4. The maximum atomic E-state index is 13.0. The van der Waals surface area contributed by atoms with Crippen LogP contribution < -0.4 is 4.90 Å². The lowest BCUT2D eigenvalue weighted by atomic mass is 10.0. The minimum absolute atomic E-state index is 0.00301. The maximum absolute atomic E-state index is 13.0. The molecule has 2 aliphatic carbocycles. The molecule has 6 heteroatoms. The number of fused-ring (bicyclic) bond motifs is 2. The van der Waals surface area contributed by atoms with E-state index in [1.165, 1.54) is 19.3 Å². The van der Waals surface area contributed by atoms with Crippen molar-refractivity contribution in [1.82, 2.24) is 9.88 Å². The Morgan fingerprint density at radius 1 is 1.27 bits per heavy atom. The van der Waals surface area contributed by atoms with E-state index >= 15 is 0 Å². The number of piperidine rings is 1. The van der Waals surface area contributed by atoms with Gasteiger partial charge in [0.2, 0.25) is 0 Å². The Morgan fingerprint density at radius 2 is 2.00 bits per heavy atom. The van der Waals surface area contributed by atoms with Crippen molar-refractivity contribution in [2.24, 2.45) is 11.3 Å². The van der Waals surface area contributed by atoms with Crippen LogP contribution in [-0.4, -0.2) is 58.3 Å². The number of aliphatic hydroxyl groups is 1. The normalized spacial score (nSPS) is 29.1. The Balaban J connectivity index is 1.33. The number of amides is 1. The fourth-order valence-corrected chi connectivity index (χ4v) is 5.26. The molecule has 1 aromatic heterocycles. The first-order chi connectivity index (χ1) is 14.1. The van der Waals surface area contributed by atoms with E-state index in [0.29, 0.717) is 36.6 Å². The van der Waals surface area contributed by atoms with Crippen molar-refractivity contribution < 1.29 is 14.6 Å². The van der Waals surface area contributed by atoms with E-state index in [2.05, 4.69) is 18.7 Å². The number of hydrogen-bond acceptors (Lipinski definition) is 5. The van der Waals surface area contributed by atoms with Crippen LogP contribution in [0.15, 0.2) is 0 Å². The van der Waals surface area contributed by atoms with Crippen molar-refractivity contribution in [2.75, 3.05) is 24.6 Å². The fourth-order valence-electron chi connectivity index (χ4n) is 5.26. The van der Waals surface area contributed by atoms with Crippen molar-refractivity contribution in [3.8, 4) is 0 Å². The van der Waals surface area contributed by atoms with Crippen molar-refractivity contribution in [3.63, 3.8) is 0 Å². The number of carbonyl (C=O) groups is 1. The Bertz CT molecular complexity index is 887. The molecule has 6 nitrogen and oxygen atoms in total. The summed E-state index contributed by atoms with van der Waals surface area (Å²) in [5, 5.41) is 10.2. The summed E-state index contributed by atoms with van der Waals surface area (Å²) in [6.45, 7) is 12.6. The highest BCUT2D eigenvalue weighted by Gasteiger charge is 2.52. The SMILES string of the molecule is Cc1c(N2CCC(OCC3(C)CC3)C3CC32)nc2c(c1C)C(=O)N(CC(C)(C)O)C2. The van der Waals surface area contributed by atoms with Crippen LogP contribution >= 0.6 is 0 Å². The van der Waals surface area contributed by atoms with E-state index in [-0.39, 0.29) is 5.91 Å². The van der Waals surface area contributed by atoms with Gasteiger partial charge in [-0.2, -0.15) is 0 Å². The first kappa shape index (κ1) is 20.3. The second kappa shape index (κ2) is 6.67. The van der Waals surface area contributed by atoms with Crippen LogP contribution in [0.1, 0.15) is 73.6 Å². The molecule has 0 bridgehead atoms. The van der Waals surface area contributed by atoms with Gasteiger partial charge in [-0.15, -0.1) is 0 Å². The third kappa shape index (κ3) is 3.52. The monoisotopic (exact) mass is 413 g/mol. The van der Waals surface area contributed by atoms with Gasteiger partial charge in [-0.3, -0.25) is 4.79 Å². The molecule has 3 unspecified atom stereocenters. The van der Waals surface area contributed by atoms with E-state index in [4.69, 9.17) is 9.72 Å². The van der Waals surface area contributed by atoms with Gasteiger partial charge in [0.05, 0.1) is 36.1 Å². The van der Waals surface area contributed by atoms with Crippen molar-refractivity contribution in [1.29, 1.82) is 0 Å². The van der Waals surface area contributed by atoms with Crippen LogP contribution in [0, 0.1) is 25.2 Å². The molecular weight excluding hydrogens is 378 g/mol. The number of β-amino-alcohol motifs (C(OH)–C–C–N with tert-alkyl or cyclic N) is 1. The Morgan fingerprint density at radius 3 is 2.67 bits per heavy atom. The minimum atomic E-state index is -0.913. The molecule has 5 rings (SSSR count). The molecule has 1 amide bonds. The van der Waals surface area contributed by atoms with Crippen LogP contribution in [0.2, 0.25) is 0 Å². The van der Waals surface area contributed by atoms with E-state index in [1.54, 1.807) is 18.7 Å². The van der Waals surface area contributed by atoms with Crippen LogP contribution in [0.5, 0.6) is 0 Å². The average molecular weight is 414 g/mol. The molecule has 0 aromatic carbocycles. The molecule has 3 atom stereocenters. The zero-order valence-electron chi connectivity index (χ0n) is 19.0.